The van der Waals surface area contributed by atoms with E-state index in [4.69, 9.17) is 23.2 Å². The Labute approximate surface area is 209 Å². The van der Waals surface area contributed by atoms with E-state index in [1.807, 2.05) is 30.3 Å². The maximum absolute atomic E-state index is 13.5. The van der Waals surface area contributed by atoms with E-state index in [0.29, 0.717) is 41.6 Å². The van der Waals surface area contributed by atoms with Crippen molar-refractivity contribution in [3.05, 3.63) is 107 Å². The van der Waals surface area contributed by atoms with Gasteiger partial charge in [-0.05, 0) is 55.6 Å². The van der Waals surface area contributed by atoms with Crippen LogP contribution in [-0.2, 0) is 4.79 Å². The average Bonchev–Trinajstić information content (AvgIpc) is 3.06. The van der Waals surface area contributed by atoms with Crippen molar-refractivity contribution in [3.63, 3.8) is 0 Å². The van der Waals surface area contributed by atoms with E-state index >= 15 is 0 Å². The largest absolute Gasteiger partial charge is 0.282 e. The van der Waals surface area contributed by atoms with Gasteiger partial charge < -0.3 is 0 Å². The molecule has 0 radical (unpaired) electrons. The fraction of sp³-hybridized carbons (Fsp3) is 0. The van der Waals surface area contributed by atoms with Gasteiger partial charge in [-0.1, -0.05) is 59.6 Å². The molecule has 0 saturated heterocycles. The second-order valence-corrected chi connectivity index (χ2v) is 9.20. The normalized spacial score (nSPS) is 14.8. The molecule has 4 rings (SSSR count). The quantitative estimate of drug-likeness (QED) is 0.181. The van der Waals surface area contributed by atoms with Crippen molar-refractivity contribution in [2.75, 3.05) is 4.90 Å². The molecule has 0 fully saturated rings. The van der Waals surface area contributed by atoms with E-state index in [2.05, 4.69) is 36.9 Å². The Balaban J connectivity index is 1.89. The van der Waals surface area contributed by atoms with Crippen molar-refractivity contribution in [1.29, 1.82) is 0 Å². The zero-order valence-electron chi connectivity index (χ0n) is 15.9. The van der Waals surface area contributed by atoms with Crippen molar-refractivity contribution in [2.45, 2.75) is 0 Å². The molecule has 0 spiro atoms. The van der Waals surface area contributed by atoms with E-state index in [-0.39, 0.29) is 11.4 Å². The molecule has 0 aromatic heterocycles. The van der Waals surface area contributed by atoms with Crippen LogP contribution in [0, 0.1) is 10.1 Å². The lowest BCUT2D eigenvalue weighted by Crippen LogP contribution is -2.33. The molecule has 1 aliphatic heterocycles. The van der Waals surface area contributed by atoms with Crippen LogP contribution in [0.1, 0.15) is 11.1 Å². The lowest BCUT2D eigenvalue weighted by atomic mass is 10.1. The summed E-state index contributed by atoms with van der Waals surface area (Å²) in [6.07, 6.45) is 1.58. The fourth-order valence-electron chi connectivity index (χ4n) is 3.14. The number of anilines is 1. The minimum atomic E-state index is -0.509. The van der Waals surface area contributed by atoms with Gasteiger partial charge in [-0.15, -0.1) is 0 Å². The van der Waals surface area contributed by atoms with Crippen molar-refractivity contribution in [1.82, 2.24) is 0 Å². The minimum Gasteiger partial charge on any atom is -0.266 e. The van der Waals surface area contributed by atoms with Crippen molar-refractivity contribution < 1.29 is 9.72 Å². The molecule has 3 aromatic rings. The summed E-state index contributed by atoms with van der Waals surface area (Å²) in [6, 6.07) is 16.8. The standard InChI is InChI=1S/C22H11Br2Cl2N3O3/c23-16-10-15(29(31)32)11-17(24)20(16)28-21(12-4-2-1-3-5-12)27-19(22(28)30)8-13-6-7-14(25)9-18(13)26/h1-11H/b19-8+. The summed E-state index contributed by atoms with van der Waals surface area (Å²) in [7, 11) is 0. The number of hydrogen-bond donors (Lipinski definition) is 0. The number of carbonyl (C=O) groups excluding carboxylic acids is 1. The zero-order valence-corrected chi connectivity index (χ0v) is 20.6. The molecule has 32 heavy (non-hydrogen) atoms. The molecule has 0 N–H and O–H groups in total. The van der Waals surface area contributed by atoms with Gasteiger partial charge in [-0.25, -0.2) is 4.99 Å². The third-order valence-electron chi connectivity index (χ3n) is 4.58. The van der Waals surface area contributed by atoms with Crippen LogP contribution in [0.3, 0.4) is 0 Å². The van der Waals surface area contributed by atoms with Gasteiger partial charge >= 0.3 is 0 Å². The van der Waals surface area contributed by atoms with Gasteiger partial charge in [0.05, 0.1) is 10.6 Å². The highest BCUT2D eigenvalue weighted by molar-refractivity contribution is 9.11. The Hall–Kier alpha value is -2.52. The Morgan fingerprint density at radius 1 is 1.00 bits per heavy atom. The molecule has 0 bridgehead atoms. The Kier molecular flexibility index (Phi) is 6.48. The van der Waals surface area contributed by atoms with Crippen molar-refractivity contribution >= 4 is 84.3 Å². The first-order valence-electron chi connectivity index (χ1n) is 9.05. The Morgan fingerprint density at radius 2 is 1.66 bits per heavy atom. The molecule has 0 atom stereocenters. The lowest BCUT2D eigenvalue weighted by Gasteiger charge is -2.21. The average molecular weight is 596 g/mol. The summed E-state index contributed by atoms with van der Waals surface area (Å²) in [5, 5.41) is 12.1. The van der Waals surface area contributed by atoms with Gasteiger partial charge in [-0.2, -0.15) is 0 Å². The van der Waals surface area contributed by atoms with Crippen molar-refractivity contribution in [2.24, 2.45) is 4.99 Å². The van der Waals surface area contributed by atoms with Crippen LogP contribution in [0.5, 0.6) is 0 Å². The summed E-state index contributed by atoms with van der Waals surface area (Å²) in [5.41, 5.74) is 1.71. The summed E-state index contributed by atoms with van der Waals surface area (Å²) in [5.74, 6) is -0.0349. The third-order valence-corrected chi connectivity index (χ3v) is 6.35. The molecule has 0 unspecified atom stereocenters. The number of benzene rings is 3. The van der Waals surface area contributed by atoms with Gasteiger partial charge in [0.15, 0.2) is 0 Å². The van der Waals surface area contributed by atoms with E-state index < -0.39 is 10.8 Å². The van der Waals surface area contributed by atoms with Gasteiger partial charge in [0.25, 0.3) is 11.6 Å². The predicted octanol–water partition coefficient (Wildman–Crippen LogP) is 7.26. The highest BCUT2D eigenvalue weighted by Gasteiger charge is 2.35. The molecule has 10 heteroatoms. The minimum absolute atomic E-state index is 0.124. The molecular weight excluding hydrogens is 585 g/mol. The Bertz CT molecular complexity index is 1300. The van der Waals surface area contributed by atoms with E-state index in [1.54, 1.807) is 24.3 Å². The number of hydrogen-bond acceptors (Lipinski definition) is 4. The third kappa shape index (κ3) is 4.36. The van der Waals surface area contributed by atoms with Gasteiger partial charge in [-0.3, -0.25) is 19.8 Å². The van der Waals surface area contributed by atoms with E-state index in [9.17, 15) is 14.9 Å². The van der Waals surface area contributed by atoms with Crippen LogP contribution in [0.2, 0.25) is 10.0 Å². The second-order valence-electron chi connectivity index (χ2n) is 6.65. The first kappa shape index (κ1) is 22.7. The number of carbonyl (C=O) groups is 1. The number of aliphatic imine (C=N–C) groups is 1. The molecule has 3 aromatic carbocycles. The predicted molar refractivity (Wildman–Crippen MR) is 133 cm³/mol. The number of nitrogens with zero attached hydrogens (tertiary/aromatic N) is 3. The van der Waals surface area contributed by atoms with Crippen LogP contribution < -0.4 is 4.90 Å². The maximum Gasteiger partial charge on any atom is 0.282 e. The Morgan fingerprint density at radius 3 is 2.25 bits per heavy atom. The topological polar surface area (TPSA) is 75.8 Å². The highest BCUT2D eigenvalue weighted by atomic mass is 79.9. The van der Waals surface area contributed by atoms with E-state index in [0.717, 1.165) is 0 Å². The number of non-ortho nitro benzene ring substituents is 1. The van der Waals surface area contributed by atoms with Crippen LogP contribution in [-0.4, -0.2) is 16.7 Å². The van der Waals surface area contributed by atoms with Gasteiger partial charge in [0.1, 0.15) is 11.5 Å². The summed E-state index contributed by atoms with van der Waals surface area (Å²) in [6.45, 7) is 0. The molecular formula is C22H11Br2Cl2N3O3. The molecule has 0 saturated carbocycles. The van der Waals surface area contributed by atoms with Crippen LogP contribution in [0.4, 0.5) is 11.4 Å². The highest BCUT2D eigenvalue weighted by Crippen LogP contribution is 2.41. The lowest BCUT2D eigenvalue weighted by molar-refractivity contribution is -0.385. The molecule has 1 amide bonds. The number of rotatable bonds is 4. The summed E-state index contributed by atoms with van der Waals surface area (Å²) >= 11 is 19.0. The number of nitro groups is 1. The maximum atomic E-state index is 13.5. The summed E-state index contributed by atoms with van der Waals surface area (Å²) in [4.78, 5) is 30.2. The molecule has 1 heterocycles. The molecule has 6 nitrogen and oxygen atoms in total. The SMILES string of the molecule is O=C1/C(=C\c2ccc(Cl)cc2Cl)N=C(c2ccccc2)N1c1c(Br)cc([N+](=O)[O-])cc1Br. The first-order chi connectivity index (χ1) is 15.3. The zero-order chi connectivity index (χ0) is 23.0. The van der Waals surface area contributed by atoms with E-state index in [1.165, 1.54) is 17.0 Å². The number of amides is 1. The second kappa shape index (κ2) is 9.15. The fourth-order valence-corrected chi connectivity index (χ4v) is 5.12. The molecule has 0 aliphatic carbocycles. The number of halogens is 4. The number of nitro benzene ring substituents is 1. The van der Waals surface area contributed by atoms with Crippen LogP contribution >= 0.6 is 55.1 Å². The monoisotopic (exact) mass is 593 g/mol. The number of amidine groups is 1. The summed E-state index contributed by atoms with van der Waals surface area (Å²) < 4.78 is 0.725. The van der Waals surface area contributed by atoms with Gasteiger partial charge in [0.2, 0.25) is 0 Å². The van der Waals surface area contributed by atoms with Crippen LogP contribution in [0.25, 0.3) is 6.08 Å². The van der Waals surface area contributed by atoms with Crippen molar-refractivity contribution in [3.8, 4) is 0 Å². The van der Waals surface area contributed by atoms with Gasteiger partial charge in [0, 0.05) is 36.7 Å². The molecule has 1 aliphatic rings. The smallest absolute Gasteiger partial charge is 0.266 e. The molecule has 160 valence electrons. The van der Waals surface area contributed by atoms with Crippen LogP contribution in [0.15, 0.2) is 80.3 Å². The first-order valence-corrected chi connectivity index (χ1v) is 11.4.